The zero-order chi connectivity index (χ0) is 16.1. The topological polar surface area (TPSA) is 158 Å². The van der Waals surface area contributed by atoms with Crippen molar-refractivity contribution in [1.82, 2.24) is 0 Å². The molecule has 3 heterocycles. The molecule has 0 saturated carbocycles. The Morgan fingerprint density at radius 1 is 0.913 bits per heavy atom. The van der Waals surface area contributed by atoms with E-state index in [4.69, 9.17) is 24.1 Å². The summed E-state index contributed by atoms with van der Waals surface area (Å²) in [7, 11) is 0. The number of aliphatic hydroxyl groups is 6. The van der Waals surface area contributed by atoms with Gasteiger partial charge in [-0.2, -0.15) is 0 Å². The van der Waals surface area contributed by atoms with E-state index in [2.05, 4.69) is 0 Å². The van der Waals surface area contributed by atoms with E-state index in [9.17, 15) is 25.5 Å². The van der Waals surface area contributed by atoms with Gasteiger partial charge in [0.1, 0.15) is 49.3 Å². The van der Waals surface area contributed by atoms with Crippen molar-refractivity contribution in [3.8, 4) is 0 Å². The molecule has 6 N–H and O–H groups in total. The Balaban J connectivity index is 0.00000192. The molecule has 3 fully saturated rings. The van der Waals surface area contributed by atoms with Crippen LogP contribution in [-0.4, -0.2) is 105 Å². The van der Waals surface area contributed by atoms with Crippen LogP contribution in [-0.2, 0) is 18.9 Å². The third-order valence-electron chi connectivity index (χ3n) is 4.26. The molecule has 0 amide bonds. The molecule has 10 nitrogen and oxygen atoms in total. The highest BCUT2D eigenvalue weighted by Gasteiger charge is 2.59. The van der Waals surface area contributed by atoms with Crippen molar-refractivity contribution in [2.45, 2.75) is 54.8 Å². The van der Waals surface area contributed by atoms with Crippen LogP contribution in [0.25, 0.3) is 0 Å². The number of ether oxygens (including phenoxy) is 4. The van der Waals surface area contributed by atoms with Crippen molar-refractivity contribution in [2.75, 3.05) is 19.8 Å². The van der Waals surface area contributed by atoms with Crippen LogP contribution in [0.3, 0.4) is 0 Å². The van der Waals surface area contributed by atoms with E-state index in [1.165, 1.54) is 0 Å². The third-order valence-corrected chi connectivity index (χ3v) is 4.26. The van der Waals surface area contributed by atoms with Gasteiger partial charge in [0.2, 0.25) is 5.79 Å². The summed E-state index contributed by atoms with van der Waals surface area (Å²) < 4.78 is 21.4. The number of fused-ring (bicyclic) bond motifs is 2. The van der Waals surface area contributed by atoms with E-state index in [1.54, 1.807) is 0 Å². The van der Waals surface area contributed by atoms with Gasteiger partial charge in [-0.05, 0) is 0 Å². The average molecular weight is 361 g/mol. The lowest BCUT2D eigenvalue weighted by atomic mass is 9.98. The van der Waals surface area contributed by atoms with E-state index in [1.807, 2.05) is 0 Å². The zero-order valence-electron chi connectivity index (χ0n) is 12.0. The molecule has 1 unspecified atom stereocenters. The molecule has 2 bridgehead atoms. The van der Waals surface area contributed by atoms with E-state index < -0.39 is 61.4 Å². The number of rotatable bonds is 1. The Morgan fingerprint density at radius 2 is 1.61 bits per heavy atom. The van der Waals surface area contributed by atoms with E-state index in [0.29, 0.717) is 0 Å². The van der Waals surface area contributed by atoms with Gasteiger partial charge in [-0.25, -0.2) is 0 Å². The second-order valence-electron chi connectivity index (χ2n) is 5.73. The predicted octanol–water partition coefficient (Wildman–Crippen LogP) is -3.93. The van der Waals surface area contributed by atoms with Crippen molar-refractivity contribution < 1.29 is 49.6 Å². The van der Waals surface area contributed by atoms with Crippen molar-refractivity contribution in [2.24, 2.45) is 0 Å². The van der Waals surface area contributed by atoms with Gasteiger partial charge in [0.25, 0.3) is 0 Å². The van der Waals surface area contributed by atoms with E-state index in [0.717, 1.165) is 0 Å². The van der Waals surface area contributed by atoms with Crippen molar-refractivity contribution >= 4 is 12.4 Å². The number of hydrogen-bond acceptors (Lipinski definition) is 10. The molecule has 0 aliphatic carbocycles. The lowest BCUT2D eigenvalue weighted by Crippen LogP contribution is -2.64. The first-order valence-electron chi connectivity index (χ1n) is 6.99. The van der Waals surface area contributed by atoms with Gasteiger partial charge in [0.05, 0.1) is 13.2 Å². The molecular weight excluding hydrogens is 340 g/mol. The van der Waals surface area contributed by atoms with Gasteiger partial charge >= 0.3 is 0 Å². The van der Waals surface area contributed by atoms with Crippen LogP contribution in [0.2, 0.25) is 0 Å². The third kappa shape index (κ3) is 3.10. The van der Waals surface area contributed by atoms with Gasteiger partial charge in [-0.1, -0.05) is 0 Å². The quantitative estimate of drug-likeness (QED) is 0.273. The Morgan fingerprint density at radius 3 is 2.22 bits per heavy atom. The van der Waals surface area contributed by atoms with Gasteiger partial charge in [-0.15, -0.1) is 12.4 Å². The summed E-state index contributed by atoms with van der Waals surface area (Å²) in [6.45, 7) is -1.00. The Kier molecular flexibility index (Phi) is 5.87. The summed E-state index contributed by atoms with van der Waals surface area (Å²) in [6.07, 6.45) is -10.8. The highest BCUT2D eigenvalue weighted by molar-refractivity contribution is 5.85. The summed E-state index contributed by atoms with van der Waals surface area (Å²) in [4.78, 5) is 0. The maximum atomic E-state index is 10.2. The Bertz CT molecular complexity index is 413. The fourth-order valence-corrected chi connectivity index (χ4v) is 2.92. The molecule has 3 aliphatic rings. The highest BCUT2D eigenvalue weighted by Crippen LogP contribution is 2.37. The molecule has 23 heavy (non-hydrogen) atoms. The van der Waals surface area contributed by atoms with Crippen LogP contribution < -0.4 is 0 Å². The number of hydrogen-bond donors (Lipinski definition) is 6. The van der Waals surface area contributed by atoms with Gasteiger partial charge in [0, 0.05) is 0 Å². The summed E-state index contributed by atoms with van der Waals surface area (Å²) in [5.74, 6) is -1.86. The second-order valence-corrected chi connectivity index (χ2v) is 5.73. The maximum Gasteiger partial charge on any atom is 0.224 e. The largest absolute Gasteiger partial charge is 0.394 e. The molecule has 0 radical (unpaired) electrons. The van der Waals surface area contributed by atoms with Gasteiger partial charge in [-0.3, -0.25) is 0 Å². The summed E-state index contributed by atoms with van der Waals surface area (Å²) >= 11 is 0. The summed E-state index contributed by atoms with van der Waals surface area (Å²) in [5, 5.41) is 58.7. The van der Waals surface area contributed by atoms with Crippen LogP contribution in [0.4, 0.5) is 0 Å². The normalized spacial score (nSPS) is 53.5. The van der Waals surface area contributed by atoms with E-state index in [-0.39, 0.29) is 25.6 Å². The SMILES string of the molecule is Cl.OC[C@H]1OC2(COC[C@H]3O[C@H](O2)[C@H](O)[C@@H](O)[C@@H]3O)[C@@H](O)[C@@H]1O. The monoisotopic (exact) mass is 360 g/mol. The Hall–Kier alpha value is -0.110. The van der Waals surface area contributed by atoms with Crippen molar-refractivity contribution in [3.05, 3.63) is 0 Å². The van der Waals surface area contributed by atoms with Crippen LogP contribution in [0.5, 0.6) is 0 Å². The Labute approximate surface area is 137 Å². The lowest BCUT2D eigenvalue weighted by molar-refractivity contribution is -0.401. The maximum absolute atomic E-state index is 10.2. The highest BCUT2D eigenvalue weighted by atomic mass is 35.5. The minimum absolute atomic E-state index is 0. The minimum Gasteiger partial charge on any atom is -0.394 e. The number of halogens is 1. The molecule has 1 spiro atoms. The van der Waals surface area contributed by atoms with Gasteiger partial charge in [0.15, 0.2) is 6.29 Å². The minimum atomic E-state index is -1.86. The molecular formula is C12H21ClO10. The van der Waals surface area contributed by atoms with Crippen LogP contribution >= 0.6 is 12.4 Å². The van der Waals surface area contributed by atoms with Crippen LogP contribution in [0.15, 0.2) is 0 Å². The van der Waals surface area contributed by atoms with Gasteiger partial charge < -0.3 is 49.6 Å². The van der Waals surface area contributed by atoms with Crippen molar-refractivity contribution in [3.63, 3.8) is 0 Å². The molecule has 136 valence electrons. The summed E-state index contributed by atoms with van der Waals surface area (Å²) in [5.41, 5.74) is 0. The first-order valence-corrected chi connectivity index (χ1v) is 6.99. The molecule has 0 aromatic carbocycles. The first kappa shape index (κ1) is 19.2. The summed E-state index contributed by atoms with van der Waals surface area (Å²) in [6, 6.07) is 0. The van der Waals surface area contributed by atoms with Crippen molar-refractivity contribution in [1.29, 1.82) is 0 Å². The van der Waals surface area contributed by atoms with Crippen LogP contribution in [0.1, 0.15) is 0 Å². The molecule has 3 aliphatic heterocycles. The first-order chi connectivity index (χ1) is 10.4. The van der Waals surface area contributed by atoms with Crippen LogP contribution in [0, 0.1) is 0 Å². The standard InChI is InChI=1S/C12H20O10.ClH/c13-1-4-7(15)10(18)12(21-4)3-19-2-5-6(14)8(16)9(17)11(20-5)22-12;/h4-11,13-18H,1-3H2;1H/t4-,5-,6-,7-,8+,9-,10+,11-,12?;/m1./s1. The second kappa shape index (κ2) is 7.02. The zero-order valence-corrected chi connectivity index (χ0v) is 12.8. The fraction of sp³-hybridized carbons (Fsp3) is 1.00. The lowest BCUT2D eigenvalue weighted by Gasteiger charge is -2.46. The average Bonchev–Trinajstić information content (AvgIpc) is 2.72. The molecule has 9 atom stereocenters. The molecule has 0 aromatic rings. The fourth-order valence-electron chi connectivity index (χ4n) is 2.92. The number of aliphatic hydroxyl groups excluding tert-OH is 6. The molecule has 3 rings (SSSR count). The molecule has 0 aromatic heterocycles. The molecule has 3 saturated heterocycles. The molecule has 11 heteroatoms. The van der Waals surface area contributed by atoms with E-state index >= 15 is 0 Å². The predicted molar refractivity (Wildman–Crippen MR) is 72.5 cm³/mol. The smallest absolute Gasteiger partial charge is 0.224 e.